The number of aromatic nitrogens is 2. The van der Waals surface area contributed by atoms with E-state index in [0.29, 0.717) is 39.0 Å². The summed E-state index contributed by atoms with van der Waals surface area (Å²) in [6.07, 6.45) is 4.53. The van der Waals surface area contributed by atoms with Gasteiger partial charge in [0.05, 0.1) is 25.5 Å². The van der Waals surface area contributed by atoms with Gasteiger partial charge in [0.25, 0.3) is 10.0 Å². The third-order valence-electron chi connectivity index (χ3n) is 5.03. The lowest BCUT2D eigenvalue weighted by molar-refractivity contribution is -0.162. The van der Waals surface area contributed by atoms with Gasteiger partial charge in [-0.3, -0.25) is 4.68 Å². The number of benzene rings is 1. The SMILES string of the molecule is O=S(=O)(NC1CCCC12OCCO2)c1ccnn1CCc1ccccc1. The molecule has 8 heteroatoms. The minimum atomic E-state index is -3.71. The van der Waals surface area contributed by atoms with Crippen LogP contribution in [0.25, 0.3) is 0 Å². The van der Waals surface area contributed by atoms with Gasteiger partial charge in [-0.1, -0.05) is 30.3 Å². The normalized spacial score (nSPS) is 22.2. The smallest absolute Gasteiger partial charge is 0.258 e. The zero-order valence-corrected chi connectivity index (χ0v) is 15.3. The van der Waals surface area contributed by atoms with Gasteiger partial charge in [-0.25, -0.2) is 13.1 Å². The quantitative estimate of drug-likeness (QED) is 0.829. The molecule has 1 aliphatic carbocycles. The van der Waals surface area contributed by atoms with E-state index in [1.807, 2.05) is 30.3 Å². The van der Waals surface area contributed by atoms with E-state index in [9.17, 15) is 8.42 Å². The first-order valence-electron chi connectivity index (χ1n) is 8.95. The molecule has 0 amide bonds. The fraction of sp³-hybridized carbons (Fsp3) is 0.500. The summed E-state index contributed by atoms with van der Waals surface area (Å²) < 4.78 is 41.7. The predicted molar refractivity (Wildman–Crippen MR) is 95.0 cm³/mol. The molecule has 1 saturated heterocycles. The lowest BCUT2D eigenvalue weighted by Crippen LogP contribution is -2.50. The highest BCUT2D eigenvalue weighted by Gasteiger charge is 2.49. The van der Waals surface area contributed by atoms with Gasteiger partial charge in [0.1, 0.15) is 0 Å². The Morgan fingerprint density at radius 1 is 1.19 bits per heavy atom. The van der Waals surface area contributed by atoms with Crippen LogP contribution in [0.2, 0.25) is 0 Å². The van der Waals surface area contributed by atoms with Gasteiger partial charge in [-0.05, 0) is 30.9 Å². The Bertz CT molecular complexity index is 839. The summed E-state index contributed by atoms with van der Waals surface area (Å²) in [4.78, 5) is 0. The monoisotopic (exact) mass is 377 g/mol. The first-order valence-corrected chi connectivity index (χ1v) is 10.4. The Morgan fingerprint density at radius 2 is 1.96 bits per heavy atom. The summed E-state index contributed by atoms with van der Waals surface area (Å²) in [5.41, 5.74) is 1.14. The largest absolute Gasteiger partial charge is 0.346 e. The van der Waals surface area contributed by atoms with E-state index in [-0.39, 0.29) is 11.1 Å². The Morgan fingerprint density at radius 3 is 2.73 bits per heavy atom. The lowest BCUT2D eigenvalue weighted by Gasteiger charge is -2.29. The van der Waals surface area contributed by atoms with E-state index in [0.717, 1.165) is 12.0 Å². The number of ether oxygens (including phenoxy) is 2. The molecule has 1 saturated carbocycles. The van der Waals surface area contributed by atoms with E-state index in [2.05, 4.69) is 9.82 Å². The maximum absolute atomic E-state index is 12.9. The molecule has 1 aromatic carbocycles. The zero-order valence-electron chi connectivity index (χ0n) is 14.5. The molecular formula is C18H23N3O4S. The molecule has 2 fully saturated rings. The molecular weight excluding hydrogens is 354 g/mol. The first kappa shape index (κ1) is 17.7. The summed E-state index contributed by atoms with van der Waals surface area (Å²) in [5, 5.41) is 4.37. The molecule has 1 unspecified atom stereocenters. The molecule has 1 spiro atoms. The molecule has 1 atom stereocenters. The third-order valence-corrected chi connectivity index (χ3v) is 6.52. The van der Waals surface area contributed by atoms with Crippen molar-refractivity contribution in [2.24, 2.45) is 0 Å². The van der Waals surface area contributed by atoms with Gasteiger partial charge in [-0.2, -0.15) is 5.10 Å². The fourth-order valence-electron chi connectivity index (χ4n) is 3.76. The number of hydrogen-bond donors (Lipinski definition) is 1. The van der Waals surface area contributed by atoms with Gasteiger partial charge >= 0.3 is 0 Å². The number of nitrogens with one attached hydrogen (secondary N) is 1. The molecule has 2 aromatic rings. The van der Waals surface area contributed by atoms with Crippen molar-refractivity contribution >= 4 is 10.0 Å². The highest BCUT2D eigenvalue weighted by Crippen LogP contribution is 2.38. The van der Waals surface area contributed by atoms with Crippen molar-refractivity contribution in [1.82, 2.24) is 14.5 Å². The van der Waals surface area contributed by atoms with Crippen molar-refractivity contribution in [2.75, 3.05) is 13.2 Å². The minimum Gasteiger partial charge on any atom is -0.346 e. The number of aryl methyl sites for hydroxylation is 2. The van der Waals surface area contributed by atoms with Crippen molar-refractivity contribution in [2.45, 2.75) is 49.1 Å². The molecule has 140 valence electrons. The zero-order chi connectivity index (χ0) is 18.0. The maximum atomic E-state index is 12.9. The highest BCUT2D eigenvalue weighted by atomic mass is 32.2. The van der Waals surface area contributed by atoms with Crippen LogP contribution in [0.4, 0.5) is 0 Å². The maximum Gasteiger partial charge on any atom is 0.258 e. The Labute approximate surface area is 153 Å². The van der Waals surface area contributed by atoms with Crippen LogP contribution in [0.5, 0.6) is 0 Å². The predicted octanol–water partition coefficient (Wildman–Crippen LogP) is 1.70. The summed E-state index contributed by atoms with van der Waals surface area (Å²) in [6.45, 7) is 1.51. The van der Waals surface area contributed by atoms with Gasteiger partial charge in [0.15, 0.2) is 10.8 Å². The van der Waals surface area contributed by atoms with Crippen molar-refractivity contribution in [3.8, 4) is 0 Å². The van der Waals surface area contributed by atoms with Gasteiger partial charge < -0.3 is 9.47 Å². The topological polar surface area (TPSA) is 82.5 Å². The molecule has 1 aromatic heterocycles. The second-order valence-electron chi connectivity index (χ2n) is 6.70. The van der Waals surface area contributed by atoms with Crippen molar-refractivity contribution < 1.29 is 17.9 Å². The number of sulfonamides is 1. The summed E-state index contributed by atoms with van der Waals surface area (Å²) in [6, 6.07) is 11.1. The standard InChI is InChI=1S/C18H23N3O4S/c22-26(23,20-16-7-4-10-18(16)24-13-14-25-18)17-8-11-19-21(17)12-9-15-5-2-1-3-6-15/h1-3,5-6,8,11,16,20H,4,7,9-10,12-14H2. The molecule has 2 heterocycles. The molecule has 4 rings (SSSR count). The van der Waals surface area contributed by atoms with Crippen molar-refractivity contribution in [1.29, 1.82) is 0 Å². The second-order valence-corrected chi connectivity index (χ2v) is 8.36. The highest BCUT2D eigenvalue weighted by molar-refractivity contribution is 7.89. The summed E-state index contributed by atoms with van der Waals surface area (Å²) in [7, 11) is -3.71. The average molecular weight is 377 g/mol. The van der Waals surface area contributed by atoms with Crippen LogP contribution in [0.15, 0.2) is 47.6 Å². The fourth-order valence-corrected chi connectivity index (χ4v) is 5.20. The van der Waals surface area contributed by atoms with Crippen LogP contribution in [0.3, 0.4) is 0 Å². The van der Waals surface area contributed by atoms with Crippen LogP contribution in [0, 0.1) is 0 Å². The third kappa shape index (κ3) is 3.42. The summed E-state index contributed by atoms with van der Waals surface area (Å²) in [5.74, 6) is -0.804. The molecule has 26 heavy (non-hydrogen) atoms. The second kappa shape index (κ2) is 7.11. The van der Waals surface area contributed by atoms with E-state index >= 15 is 0 Å². The van der Waals surface area contributed by atoms with Gasteiger partial charge in [0, 0.05) is 13.0 Å². The molecule has 0 bridgehead atoms. The number of rotatable bonds is 6. The Balaban J connectivity index is 1.49. The lowest BCUT2D eigenvalue weighted by atomic mass is 10.1. The van der Waals surface area contributed by atoms with Crippen LogP contribution in [-0.4, -0.2) is 43.2 Å². The van der Waals surface area contributed by atoms with Crippen molar-refractivity contribution in [3.63, 3.8) is 0 Å². The summed E-state index contributed by atoms with van der Waals surface area (Å²) >= 11 is 0. The first-order chi connectivity index (χ1) is 12.6. The number of hydrogen-bond acceptors (Lipinski definition) is 5. The van der Waals surface area contributed by atoms with Gasteiger partial charge in [0.2, 0.25) is 0 Å². The Hall–Kier alpha value is -1.74. The molecule has 1 N–H and O–H groups in total. The van der Waals surface area contributed by atoms with Crippen LogP contribution in [0.1, 0.15) is 24.8 Å². The molecule has 2 aliphatic rings. The van der Waals surface area contributed by atoms with Gasteiger partial charge in [-0.15, -0.1) is 0 Å². The molecule has 7 nitrogen and oxygen atoms in total. The minimum absolute atomic E-state index is 0.175. The van der Waals surface area contributed by atoms with Crippen LogP contribution >= 0.6 is 0 Å². The molecule has 0 radical (unpaired) electrons. The average Bonchev–Trinajstić information content (AvgIpc) is 3.37. The van der Waals surface area contributed by atoms with Crippen molar-refractivity contribution in [3.05, 3.63) is 48.2 Å². The molecule has 1 aliphatic heterocycles. The number of nitrogens with zero attached hydrogens (tertiary/aromatic N) is 2. The van der Waals surface area contributed by atoms with E-state index < -0.39 is 15.8 Å². The Kier molecular flexibility index (Phi) is 4.83. The van der Waals surface area contributed by atoms with Crippen LogP contribution < -0.4 is 4.72 Å². The van der Waals surface area contributed by atoms with E-state index in [4.69, 9.17) is 9.47 Å². The van der Waals surface area contributed by atoms with E-state index in [1.54, 1.807) is 0 Å². The van der Waals surface area contributed by atoms with Crippen LogP contribution in [-0.2, 0) is 32.5 Å². The van der Waals surface area contributed by atoms with E-state index in [1.165, 1.54) is 16.9 Å².